The van der Waals surface area contributed by atoms with E-state index in [0.29, 0.717) is 23.7 Å². The van der Waals surface area contributed by atoms with Crippen molar-refractivity contribution < 1.29 is 4.79 Å². The van der Waals surface area contributed by atoms with Crippen LogP contribution >= 0.6 is 11.6 Å². The molecule has 2 rings (SSSR count). The normalized spacial score (nSPS) is 10.4. The van der Waals surface area contributed by atoms with E-state index >= 15 is 0 Å². The van der Waals surface area contributed by atoms with E-state index in [1.54, 1.807) is 17.0 Å². The summed E-state index contributed by atoms with van der Waals surface area (Å²) in [5, 5.41) is 0.670. The highest BCUT2D eigenvalue weighted by molar-refractivity contribution is 6.30. The Labute approximate surface area is 130 Å². The number of amides is 1. The summed E-state index contributed by atoms with van der Waals surface area (Å²) in [5.41, 5.74) is 8.33. The van der Waals surface area contributed by atoms with Gasteiger partial charge in [-0.15, -0.1) is 0 Å². The fraction of sp³-hybridized carbons (Fsp3) is 0.235. The number of hydrogen-bond donors (Lipinski definition) is 1. The molecule has 2 N–H and O–H groups in total. The summed E-state index contributed by atoms with van der Waals surface area (Å²) in [7, 11) is 0. The average Bonchev–Trinajstić information content (AvgIpc) is 2.48. The smallest absolute Gasteiger partial charge is 0.231 e. The zero-order valence-electron chi connectivity index (χ0n) is 12.1. The first kappa shape index (κ1) is 15.4. The summed E-state index contributed by atoms with van der Waals surface area (Å²) >= 11 is 5.87. The van der Waals surface area contributed by atoms with Gasteiger partial charge in [-0.25, -0.2) is 0 Å². The molecule has 0 unspecified atom stereocenters. The Hall–Kier alpha value is -2.00. The van der Waals surface area contributed by atoms with E-state index in [9.17, 15) is 4.79 Å². The molecule has 0 aliphatic rings. The third-order valence-corrected chi connectivity index (χ3v) is 3.50. The number of nitrogen functional groups attached to an aromatic ring is 1. The lowest BCUT2D eigenvalue weighted by atomic mass is 10.1. The van der Waals surface area contributed by atoms with Crippen molar-refractivity contribution in [2.45, 2.75) is 19.8 Å². The fourth-order valence-corrected chi connectivity index (χ4v) is 2.33. The lowest BCUT2D eigenvalue weighted by Crippen LogP contribution is -2.33. The highest BCUT2D eigenvalue weighted by Crippen LogP contribution is 2.23. The summed E-state index contributed by atoms with van der Waals surface area (Å²) in [6, 6.07) is 14.8. The van der Waals surface area contributed by atoms with Gasteiger partial charge in [0.2, 0.25) is 5.91 Å². The number of para-hydroxylation sites is 2. The number of nitrogens with two attached hydrogens (primary N) is 1. The molecule has 4 heteroatoms. The minimum Gasteiger partial charge on any atom is -0.397 e. The zero-order chi connectivity index (χ0) is 15.2. The molecule has 110 valence electrons. The van der Waals surface area contributed by atoms with Crippen molar-refractivity contribution in [2.24, 2.45) is 0 Å². The van der Waals surface area contributed by atoms with Gasteiger partial charge in [0, 0.05) is 11.6 Å². The summed E-state index contributed by atoms with van der Waals surface area (Å²) in [6.07, 6.45) is 1.21. The van der Waals surface area contributed by atoms with E-state index in [-0.39, 0.29) is 5.91 Å². The molecule has 0 atom stereocenters. The van der Waals surface area contributed by atoms with Crippen LogP contribution in [0.15, 0.2) is 48.5 Å². The predicted molar refractivity (Wildman–Crippen MR) is 88.7 cm³/mol. The minimum atomic E-state index is 0.0390. The second-order valence-corrected chi connectivity index (χ2v) is 5.34. The van der Waals surface area contributed by atoms with Gasteiger partial charge in [0.1, 0.15) is 0 Å². The molecule has 0 spiro atoms. The van der Waals surface area contributed by atoms with Gasteiger partial charge in [-0.3, -0.25) is 4.79 Å². The molecule has 3 nitrogen and oxygen atoms in total. The highest BCUT2D eigenvalue weighted by atomic mass is 35.5. The largest absolute Gasteiger partial charge is 0.397 e. The molecular formula is C17H19ClN2O. The SMILES string of the molecule is CCCN(C(=O)Cc1ccc(Cl)cc1)c1ccccc1N. The summed E-state index contributed by atoms with van der Waals surface area (Å²) < 4.78 is 0. The predicted octanol–water partition coefficient (Wildman–Crippen LogP) is 3.91. The van der Waals surface area contributed by atoms with Gasteiger partial charge in [0.25, 0.3) is 0 Å². The van der Waals surface area contributed by atoms with Crippen LogP contribution in [0.1, 0.15) is 18.9 Å². The van der Waals surface area contributed by atoms with Gasteiger partial charge in [0.05, 0.1) is 17.8 Å². The van der Waals surface area contributed by atoms with Gasteiger partial charge in [-0.1, -0.05) is 42.8 Å². The van der Waals surface area contributed by atoms with Gasteiger partial charge >= 0.3 is 0 Å². The van der Waals surface area contributed by atoms with Gasteiger partial charge in [-0.2, -0.15) is 0 Å². The maximum atomic E-state index is 12.6. The first-order valence-electron chi connectivity index (χ1n) is 7.01. The number of rotatable bonds is 5. The van der Waals surface area contributed by atoms with Crippen molar-refractivity contribution in [1.82, 2.24) is 0 Å². The number of nitrogens with zero attached hydrogens (tertiary/aromatic N) is 1. The third-order valence-electron chi connectivity index (χ3n) is 3.24. The molecule has 0 aliphatic carbocycles. The standard InChI is InChI=1S/C17H19ClN2O/c1-2-11-20(16-6-4-3-5-15(16)19)17(21)12-13-7-9-14(18)10-8-13/h3-10H,2,11-12,19H2,1H3. The average molecular weight is 303 g/mol. The van der Waals surface area contributed by atoms with Crippen LogP contribution in [0.5, 0.6) is 0 Å². The van der Waals surface area contributed by atoms with E-state index < -0.39 is 0 Å². The first-order valence-corrected chi connectivity index (χ1v) is 7.39. The lowest BCUT2D eigenvalue weighted by molar-refractivity contribution is -0.118. The Kier molecular flexibility index (Phi) is 5.23. The Balaban J connectivity index is 2.20. The van der Waals surface area contributed by atoms with Gasteiger partial charge in [-0.05, 0) is 36.2 Å². The fourth-order valence-electron chi connectivity index (χ4n) is 2.21. The molecular weight excluding hydrogens is 284 g/mol. The monoisotopic (exact) mass is 302 g/mol. The molecule has 0 fully saturated rings. The lowest BCUT2D eigenvalue weighted by Gasteiger charge is -2.24. The van der Waals surface area contributed by atoms with Crippen molar-refractivity contribution >= 4 is 28.9 Å². The second kappa shape index (κ2) is 7.14. The molecule has 1 amide bonds. The molecule has 2 aromatic rings. The molecule has 0 heterocycles. The van der Waals surface area contributed by atoms with E-state index in [4.69, 9.17) is 17.3 Å². The van der Waals surface area contributed by atoms with E-state index in [1.165, 1.54) is 0 Å². The van der Waals surface area contributed by atoms with Crippen LogP contribution in [-0.4, -0.2) is 12.5 Å². The Morgan fingerprint density at radius 2 is 1.81 bits per heavy atom. The number of benzene rings is 2. The van der Waals surface area contributed by atoms with Crippen LogP contribution in [-0.2, 0) is 11.2 Å². The van der Waals surface area contributed by atoms with Crippen LogP contribution in [0.25, 0.3) is 0 Å². The molecule has 0 radical (unpaired) electrons. The molecule has 2 aromatic carbocycles. The molecule has 0 aromatic heterocycles. The van der Waals surface area contributed by atoms with Crippen molar-refractivity contribution in [2.75, 3.05) is 17.2 Å². The van der Waals surface area contributed by atoms with Crippen LogP contribution < -0.4 is 10.6 Å². The highest BCUT2D eigenvalue weighted by Gasteiger charge is 2.17. The maximum Gasteiger partial charge on any atom is 0.231 e. The second-order valence-electron chi connectivity index (χ2n) is 4.91. The zero-order valence-corrected chi connectivity index (χ0v) is 12.8. The molecule has 0 saturated carbocycles. The van der Waals surface area contributed by atoms with Gasteiger partial charge in [0.15, 0.2) is 0 Å². The molecule has 0 saturated heterocycles. The third kappa shape index (κ3) is 3.99. The number of carbonyl (C=O) groups is 1. The van der Waals surface area contributed by atoms with E-state index in [0.717, 1.165) is 17.7 Å². The van der Waals surface area contributed by atoms with E-state index in [1.807, 2.05) is 43.3 Å². The molecule has 0 aliphatic heterocycles. The molecule has 21 heavy (non-hydrogen) atoms. The summed E-state index contributed by atoms with van der Waals surface area (Å²) in [4.78, 5) is 14.3. The van der Waals surface area contributed by atoms with Crippen molar-refractivity contribution in [1.29, 1.82) is 0 Å². The summed E-state index contributed by atoms with van der Waals surface area (Å²) in [6.45, 7) is 2.70. The summed E-state index contributed by atoms with van der Waals surface area (Å²) in [5.74, 6) is 0.0390. The van der Waals surface area contributed by atoms with Crippen LogP contribution in [0.3, 0.4) is 0 Å². The van der Waals surface area contributed by atoms with Crippen LogP contribution in [0.2, 0.25) is 5.02 Å². The molecule has 0 bridgehead atoms. The Bertz CT molecular complexity index is 610. The number of hydrogen-bond acceptors (Lipinski definition) is 2. The number of anilines is 2. The topological polar surface area (TPSA) is 46.3 Å². The quantitative estimate of drug-likeness (QED) is 0.851. The van der Waals surface area contributed by atoms with Gasteiger partial charge < -0.3 is 10.6 Å². The first-order chi connectivity index (χ1) is 10.1. The number of halogens is 1. The number of carbonyl (C=O) groups excluding carboxylic acids is 1. The van der Waals surface area contributed by atoms with Crippen LogP contribution in [0.4, 0.5) is 11.4 Å². The Morgan fingerprint density at radius 1 is 1.14 bits per heavy atom. The van der Waals surface area contributed by atoms with Crippen LogP contribution in [0, 0.1) is 0 Å². The van der Waals surface area contributed by atoms with E-state index in [2.05, 4.69) is 0 Å². The Morgan fingerprint density at radius 3 is 2.43 bits per heavy atom. The van der Waals surface area contributed by atoms with Crippen molar-refractivity contribution in [3.63, 3.8) is 0 Å². The van der Waals surface area contributed by atoms with Crippen molar-refractivity contribution in [3.8, 4) is 0 Å². The minimum absolute atomic E-state index is 0.0390. The van der Waals surface area contributed by atoms with Crippen molar-refractivity contribution in [3.05, 3.63) is 59.1 Å². The maximum absolute atomic E-state index is 12.6.